The van der Waals surface area contributed by atoms with Crippen LogP contribution in [-0.2, 0) is 19.1 Å². The zero-order valence-corrected chi connectivity index (χ0v) is 17.0. The van der Waals surface area contributed by atoms with E-state index in [1.807, 2.05) is 36.4 Å². The van der Waals surface area contributed by atoms with E-state index < -0.39 is 24.0 Å². The predicted molar refractivity (Wildman–Crippen MR) is 114 cm³/mol. The van der Waals surface area contributed by atoms with Crippen LogP contribution in [0.3, 0.4) is 0 Å². The first-order valence-corrected chi connectivity index (χ1v) is 9.79. The van der Waals surface area contributed by atoms with Gasteiger partial charge < -0.3 is 25.2 Å². The van der Waals surface area contributed by atoms with Crippen molar-refractivity contribution in [2.45, 2.75) is 12.0 Å². The van der Waals surface area contributed by atoms with Crippen molar-refractivity contribution in [1.82, 2.24) is 10.6 Å². The molecule has 2 aromatic carbocycles. The van der Waals surface area contributed by atoms with Crippen molar-refractivity contribution in [2.75, 3.05) is 26.9 Å². The molecule has 0 aromatic heterocycles. The Bertz CT molecular complexity index is 942. The molecule has 8 heteroatoms. The summed E-state index contributed by atoms with van der Waals surface area (Å²) >= 11 is 0. The standard InChI is InChI=1S/C23H24N2O6/c1-30-14-20(22(27)28)25-21(26)11-6-12-24-23(29)31-13-19-17-9-4-2-7-15(17)16-8-3-5-10-18(16)19/h2-11,19-20H,12-14H2,1H3,(H,24,29)(H,25,26)(H,27,28)/b11-6+/t20-/m0/s1. The summed E-state index contributed by atoms with van der Waals surface area (Å²) in [5.41, 5.74) is 4.54. The maximum atomic E-state index is 12.1. The number of hydrogen-bond donors (Lipinski definition) is 3. The number of ether oxygens (including phenoxy) is 2. The summed E-state index contributed by atoms with van der Waals surface area (Å²) in [4.78, 5) is 34.8. The van der Waals surface area contributed by atoms with Gasteiger partial charge in [-0.25, -0.2) is 9.59 Å². The van der Waals surface area contributed by atoms with E-state index in [0.717, 1.165) is 28.3 Å². The number of nitrogens with one attached hydrogen (secondary N) is 2. The minimum atomic E-state index is -1.19. The lowest BCUT2D eigenvalue weighted by Gasteiger charge is -2.14. The highest BCUT2D eigenvalue weighted by Crippen LogP contribution is 2.44. The molecule has 0 saturated carbocycles. The summed E-state index contributed by atoms with van der Waals surface area (Å²) in [5.74, 6) is -1.83. The number of rotatable bonds is 9. The number of alkyl carbamates (subject to hydrolysis) is 1. The molecule has 0 fully saturated rings. The topological polar surface area (TPSA) is 114 Å². The molecule has 8 nitrogen and oxygen atoms in total. The van der Waals surface area contributed by atoms with Crippen LogP contribution in [0, 0.1) is 0 Å². The van der Waals surface area contributed by atoms with E-state index in [0.29, 0.717) is 0 Å². The van der Waals surface area contributed by atoms with Crippen molar-refractivity contribution < 1.29 is 29.0 Å². The monoisotopic (exact) mass is 424 g/mol. The fourth-order valence-corrected chi connectivity index (χ4v) is 3.52. The van der Waals surface area contributed by atoms with Crippen LogP contribution in [-0.4, -0.2) is 56.0 Å². The van der Waals surface area contributed by atoms with E-state index in [2.05, 4.69) is 22.8 Å². The third-order valence-corrected chi connectivity index (χ3v) is 4.93. The Morgan fingerprint density at radius 2 is 1.68 bits per heavy atom. The van der Waals surface area contributed by atoms with Crippen LogP contribution in [0.25, 0.3) is 11.1 Å². The number of carboxylic acids is 1. The lowest BCUT2D eigenvalue weighted by Crippen LogP contribution is -2.43. The molecule has 3 N–H and O–H groups in total. The average Bonchev–Trinajstić information content (AvgIpc) is 3.09. The van der Waals surface area contributed by atoms with Crippen molar-refractivity contribution in [3.05, 3.63) is 71.8 Å². The first kappa shape index (κ1) is 22.0. The van der Waals surface area contributed by atoms with Gasteiger partial charge in [0, 0.05) is 25.6 Å². The number of benzene rings is 2. The Morgan fingerprint density at radius 1 is 1.06 bits per heavy atom. The van der Waals surface area contributed by atoms with Crippen LogP contribution < -0.4 is 10.6 Å². The summed E-state index contributed by atoms with van der Waals surface area (Å²) in [6.07, 6.45) is 1.95. The van der Waals surface area contributed by atoms with E-state index in [1.54, 1.807) is 0 Å². The highest BCUT2D eigenvalue weighted by atomic mass is 16.5. The third kappa shape index (κ3) is 5.49. The van der Waals surface area contributed by atoms with Crippen molar-refractivity contribution in [3.63, 3.8) is 0 Å². The molecule has 2 aromatic rings. The molecule has 0 spiro atoms. The normalized spacial score (nSPS) is 13.3. The van der Waals surface area contributed by atoms with E-state index in [1.165, 1.54) is 13.2 Å². The number of carbonyl (C=O) groups excluding carboxylic acids is 2. The molecule has 0 bridgehead atoms. The van der Waals surface area contributed by atoms with E-state index >= 15 is 0 Å². The zero-order chi connectivity index (χ0) is 22.2. The fraction of sp³-hybridized carbons (Fsp3) is 0.261. The average molecular weight is 424 g/mol. The smallest absolute Gasteiger partial charge is 0.407 e. The molecule has 2 amide bonds. The van der Waals surface area contributed by atoms with Crippen LogP contribution in [0.4, 0.5) is 4.79 Å². The number of aliphatic carboxylic acids is 1. The zero-order valence-electron chi connectivity index (χ0n) is 17.0. The van der Waals surface area contributed by atoms with Gasteiger partial charge >= 0.3 is 12.1 Å². The van der Waals surface area contributed by atoms with Gasteiger partial charge in [-0.05, 0) is 22.3 Å². The van der Waals surface area contributed by atoms with Crippen LogP contribution >= 0.6 is 0 Å². The predicted octanol–water partition coefficient (Wildman–Crippen LogP) is 2.30. The third-order valence-electron chi connectivity index (χ3n) is 4.93. The van der Waals surface area contributed by atoms with Crippen LogP contribution in [0.5, 0.6) is 0 Å². The van der Waals surface area contributed by atoms with Gasteiger partial charge in [0.1, 0.15) is 6.61 Å². The second-order valence-corrected chi connectivity index (χ2v) is 6.96. The molecule has 0 unspecified atom stereocenters. The number of carboxylic acid groups (broad SMARTS) is 1. The second-order valence-electron chi connectivity index (χ2n) is 6.96. The highest BCUT2D eigenvalue weighted by Gasteiger charge is 2.28. The molecule has 0 saturated heterocycles. The van der Waals surface area contributed by atoms with Crippen molar-refractivity contribution in [3.8, 4) is 11.1 Å². The van der Waals surface area contributed by atoms with Gasteiger partial charge in [-0.2, -0.15) is 0 Å². The molecule has 3 rings (SSSR count). The van der Waals surface area contributed by atoms with E-state index in [4.69, 9.17) is 14.6 Å². The molecule has 1 aliphatic carbocycles. The number of fused-ring (bicyclic) bond motifs is 3. The quantitative estimate of drug-likeness (QED) is 0.532. The van der Waals surface area contributed by atoms with Crippen LogP contribution in [0.1, 0.15) is 17.0 Å². The number of hydrogen-bond acceptors (Lipinski definition) is 5. The number of amides is 2. The van der Waals surface area contributed by atoms with Gasteiger partial charge in [-0.15, -0.1) is 0 Å². The minimum Gasteiger partial charge on any atom is -0.480 e. The molecule has 31 heavy (non-hydrogen) atoms. The number of methoxy groups -OCH3 is 1. The van der Waals surface area contributed by atoms with Crippen molar-refractivity contribution in [2.24, 2.45) is 0 Å². The Balaban J connectivity index is 1.47. The highest BCUT2D eigenvalue weighted by molar-refractivity contribution is 5.91. The fourth-order valence-electron chi connectivity index (χ4n) is 3.52. The SMILES string of the molecule is COC[C@H](NC(=O)/C=C/CNC(=O)OCC1c2ccccc2-c2ccccc21)C(=O)O. The summed E-state index contributed by atoms with van der Waals surface area (Å²) in [7, 11) is 1.34. The lowest BCUT2D eigenvalue weighted by molar-refractivity contribution is -0.142. The molecule has 0 radical (unpaired) electrons. The lowest BCUT2D eigenvalue weighted by atomic mass is 9.98. The molecule has 0 aliphatic heterocycles. The van der Waals surface area contributed by atoms with Crippen molar-refractivity contribution >= 4 is 18.0 Å². The maximum Gasteiger partial charge on any atom is 0.407 e. The Labute approximate surface area is 179 Å². The van der Waals surface area contributed by atoms with Crippen molar-refractivity contribution in [1.29, 1.82) is 0 Å². The minimum absolute atomic E-state index is 0.0341. The van der Waals surface area contributed by atoms with Crippen LogP contribution in [0.2, 0.25) is 0 Å². The van der Waals surface area contributed by atoms with Gasteiger partial charge in [0.25, 0.3) is 0 Å². The van der Waals surface area contributed by atoms with Gasteiger partial charge in [0.15, 0.2) is 6.04 Å². The largest absolute Gasteiger partial charge is 0.480 e. The molecule has 1 aliphatic rings. The van der Waals surface area contributed by atoms with E-state index in [-0.39, 0.29) is 25.7 Å². The summed E-state index contributed by atoms with van der Waals surface area (Å²) in [6.45, 7) is 0.112. The molecule has 0 heterocycles. The van der Waals surface area contributed by atoms with Gasteiger partial charge in [0.2, 0.25) is 5.91 Å². The molecule has 162 valence electrons. The summed E-state index contributed by atoms with van der Waals surface area (Å²) in [5, 5.41) is 13.8. The molecular formula is C23H24N2O6. The first-order chi connectivity index (χ1) is 15.0. The molecular weight excluding hydrogens is 400 g/mol. The number of carbonyl (C=O) groups is 3. The Kier molecular flexibility index (Phi) is 7.40. The second kappa shape index (κ2) is 10.4. The van der Waals surface area contributed by atoms with Crippen LogP contribution in [0.15, 0.2) is 60.7 Å². The summed E-state index contributed by atoms with van der Waals surface area (Å²) in [6, 6.07) is 15.0. The van der Waals surface area contributed by atoms with E-state index in [9.17, 15) is 14.4 Å². The molecule has 1 atom stereocenters. The van der Waals surface area contributed by atoms with Gasteiger partial charge in [0.05, 0.1) is 6.61 Å². The van der Waals surface area contributed by atoms with Gasteiger partial charge in [-0.3, -0.25) is 4.79 Å². The summed E-state index contributed by atoms with van der Waals surface area (Å²) < 4.78 is 10.1. The maximum absolute atomic E-state index is 12.1. The Morgan fingerprint density at radius 3 is 2.26 bits per heavy atom. The van der Waals surface area contributed by atoms with Gasteiger partial charge in [-0.1, -0.05) is 54.6 Å². The Hall–Kier alpha value is -3.65. The first-order valence-electron chi connectivity index (χ1n) is 9.79.